The lowest BCUT2D eigenvalue weighted by Crippen LogP contribution is -1.94. The highest BCUT2D eigenvalue weighted by atomic mass is 35.5. The Labute approximate surface area is 101 Å². The van der Waals surface area contributed by atoms with Crippen molar-refractivity contribution in [2.24, 2.45) is 0 Å². The third kappa shape index (κ3) is 5.10. The van der Waals surface area contributed by atoms with Crippen LogP contribution in [0.15, 0.2) is 34.8 Å². The summed E-state index contributed by atoms with van der Waals surface area (Å²) in [6.07, 6.45) is 3.83. The lowest BCUT2D eigenvalue weighted by atomic mass is 10.1. The van der Waals surface area contributed by atoms with Crippen molar-refractivity contribution in [2.45, 2.75) is 19.8 Å². The third-order valence-corrected chi connectivity index (χ3v) is 2.23. The van der Waals surface area contributed by atoms with Crippen molar-refractivity contribution in [3.63, 3.8) is 0 Å². The van der Waals surface area contributed by atoms with E-state index in [2.05, 4.69) is 13.0 Å². The minimum Gasteiger partial charge on any atom is -0.489 e. The molecule has 0 aliphatic carbocycles. The molecule has 3 heteroatoms. The van der Waals surface area contributed by atoms with Crippen molar-refractivity contribution >= 4 is 23.2 Å². The lowest BCUT2D eigenvalue weighted by molar-refractivity contribution is 0.362. The molecule has 0 saturated carbocycles. The van der Waals surface area contributed by atoms with E-state index in [-0.39, 0.29) is 4.49 Å². The number of rotatable bonds is 5. The fourth-order valence-electron chi connectivity index (χ4n) is 1.28. The molecule has 0 aromatic heterocycles. The van der Waals surface area contributed by atoms with Crippen LogP contribution in [0.25, 0.3) is 0 Å². The molecule has 0 atom stereocenters. The van der Waals surface area contributed by atoms with Gasteiger partial charge in [-0.25, -0.2) is 0 Å². The van der Waals surface area contributed by atoms with E-state index in [0.717, 1.165) is 18.6 Å². The normalized spacial score (nSPS) is 9.80. The van der Waals surface area contributed by atoms with Gasteiger partial charge in [-0.1, -0.05) is 48.7 Å². The topological polar surface area (TPSA) is 9.23 Å². The average molecular weight is 245 g/mol. The van der Waals surface area contributed by atoms with Gasteiger partial charge in [0.05, 0.1) is 0 Å². The second-order valence-corrected chi connectivity index (χ2v) is 4.21. The fraction of sp³-hybridized carbons (Fsp3) is 0.333. The average Bonchev–Trinajstić information content (AvgIpc) is 2.18. The van der Waals surface area contributed by atoms with Crippen molar-refractivity contribution < 1.29 is 4.74 Å². The molecule has 0 saturated heterocycles. The smallest absolute Gasteiger partial charge is 0.120 e. The predicted octanol–water partition coefficient (Wildman–Crippen LogP) is 4.34. The molecule has 1 rings (SSSR count). The molecule has 0 aliphatic heterocycles. The molecule has 82 valence electrons. The van der Waals surface area contributed by atoms with Crippen LogP contribution in [0.1, 0.15) is 18.9 Å². The second-order valence-electron chi connectivity index (χ2n) is 3.20. The lowest BCUT2D eigenvalue weighted by Gasteiger charge is -2.05. The molecule has 1 nitrogen and oxygen atoms in total. The zero-order valence-electron chi connectivity index (χ0n) is 8.67. The van der Waals surface area contributed by atoms with Crippen LogP contribution in [0.2, 0.25) is 0 Å². The molecular formula is C12H14Cl2O. The molecular weight excluding hydrogens is 231 g/mol. The Kier molecular flexibility index (Phi) is 5.59. The van der Waals surface area contributed by atoms with Crippen LogP contribution in [0.5, 0.6) is 5.75 Å². The van der Waals surface area contributed by atoms with Gasteiger partial charge in [0.15, 0.2) is 0 Å². The summed E-state index contributed by atoms with van der Waals surface area (Å²) >= 11 is 10.9. The molecule has 0 heterocycles. The highest BCUT2D eigenvalue weighted by Crippen LogP contribution is 2.15. The standard InChI is InChI=1S/C12H14Cl2O/c1-2-4-10-5-3-6-11(9-10)15-8-7-12(13)14/h3,5-7,9H,2,4,8H2,1H3. The summed E-state index contributed by atoms with van der Waals surface area (Å²) in [4.78, 5) is 0. The van der Waals surface area contributed by atoms with Gasteiger partial charge < -0.3 is 4.74 Å². The fourth-order valence-corrected chi connectivity index (χ4v) is 1.41. The van der Waals surface area contributed by atoms with Gasteiger partial charge in [0.1, 0.15) is 16.8 Å². The Morgan fingerprint density at radius 1 is 1.40 bits per heavy atom. The third-order valence-electron chi connectivity index (χ3n) is 1.92. The van der Waals surface area contributed by atoms with Gasteiger partial charge in [0.25, 0.3) is 0 Å². The van der Waals surface area contributed by atoms with Crippen molar-refractivity contribution in [1.29, 1.82) is 0 Å². The molecule has 0 N–H and O–H groups in total. The first-order chi connectivity index (χ1) is 7.22. The van der Waals surface area contributed by atoms with Crippen molar-refractivity contribution in [2.75, 3.05) is 6.61 Å². The summed E-state index contributed by atoms with van der Waals surface area (Å²) in [5.41, 5.74) is 1.29. The first-order valence-corrected chi connectivity index (χ1v) is 5.71. The Morgan fingerprint density at radius 2 is 2.20 bits per heavy atom. The number of hydrogen-bond donors (Lipinski definition) is 0. The van der Waals surface area contributed by atoms with E-state index in [0.29, 0.717) is 6.61 Å². The summed E-state index contributed by atoms with van der Waals surface area (Å²) in [5.74, 6) is 0.854. The van der Waals surface area contributed by atoms with E-state index in [9.17, 15) is 0 Å². The first-order valence-electron chi connectivity index (χ1n) is 4.95. The van der Waals surface area contributed by atoms with Crippen LogP contribution in [0.4, 0.5) is 0 Å². The Hall–Kier alpha value is -0.660. The van der Waals surface area contributed by atoms with Crippen LogP contribution < -0.4 is 4.74 Å². The Morgan fingerprint density at radius 3 is 2.87 bits per heavy atom. The Balaban J connectivity index is 2.53. The van der Waals surface area contributed by atoms with Gasteiger partial charge in [0, 0.05) is 0 Å². The van der Waals surface area contributed by atoms with Crippen LogP contribution in [0, 0.1) is 0 Å². The molecule has 1 aromatic rings. The van der Waals surface area contributed by atoms with Gasteiger partial charge in [-0.3, -0.25) is 0 Å². The number of aryl methyl sites for hydroxylation is 1. The van der Waals surface area contributed by atoms with Crippen molar-refractivity contribution in [1.82, 2.24) is 0 Å². The van der Waals surface area contributed by atoms with Crippen LogP contribution in [0.3, 0.4) is 0 Å². The predicted molar refractivity (Wildman–Crippen MR) is 65.7 cm³/mol. The summed E-state index contributed by atoms with van der Waals surface area (Å²) in [7, 11) is 0. The monoisotopic (exact) mass is 244 g/mol. The number of benzene rings is 1. The van der Waals surface area contributed by atoms with E-state index in [4.69, 9.17) is 27.9 Å². The second kappa shape index (κ2) is 6.76. The molecule has 0 spiro atoms. The van der Waals surface area contributed by atoms with E-state index < -0.39 is 0 Å². The summed E-state index contributed by atoms with van der Waals surface area (Å²) in [6.45, 7) is 2.56. The summed E-state index contributed by atoms with van der Waals surface area (Å²) in [6, 6.07) is 8.06. The van der Waals surface area contributed by atoms with Crippen molar-refractivity contribution in [3.05, 3.63) is 40.4 Å². The molecule has 0 unspecified atom stereocenters. The zero-order chi connectivity index (χ0) is 11.1. The van der Waals surface area contributed by atoms with E-state index in [1.807, 2.05) is 18.2 Å². The van der Waals surface area contributed by atoms with Gasteiger partial charge in [-0.2, -0.15) is 0 Å². The molecule has 0 bridgehead atoms. The van der Waals surface area contributed by atoms with Crippen LogP contribution >= 0.6 is 23.2 Å². The van der Waals surface area contributed by atoms with E-state index >= 15 is 0 Å². The first kappa shape index (κ1) is 12.4. The maximum Gasteiger partial charge on any atom is 0.120 e. The molecule has 0 fully saturated rings. The molecule has 0 aliphatic rings. The summed E-state index contributed by atoms with van der Waals surface area (Å²) < 4.78 is 5.69. The molecule has 15 heavy (non-hydrogen) atoms. The quantitative estimate of drug-likeness (QED) is 0.749. The van der Waals surface area contributed by atoms with Gasteiger partial charge in [0.2, 0.25) is 0 Å². The highest BCUT2D eigenvalue weighted by Gasteiger charge is 1.95. The maximum absolute atomic E-state index is 5.47. The minimum atomic E-state index is 0.236. The van der Waals surface area contributed by atoms with E-state index in [1.54, 1.807) is 6.08 Å². The largest absolute Gasteiger partial charge is 0.489 e. The SMILES string of the molecule is CCCc1cccc(OCC=C(Cl)Cl)c1. The minimum absolute atomic E-state index is 0.236. The zero-order valence-corrected chi connectivity index (χ0v) is 10.2. The molecule has 1 aromatic carbocycles. The van der Waals surface area contributed by atoms with Crippen LogP contribution in [-0.2, 0) is 6.42 Å². The van der Waals surface area contributed by atoms with Gasteiger partial charge >= 0.3 is 0 Å². The Bertz CT molecular complexity index is 330. The maximum atomic E-state index is 5.47. The molecule has 0 radical (unpaired) electrons. The van der Waals surface area contributed by atoms with Gasteiger partial charge in [-0.05, 0) is 30.2 Å². The van der Waals surface area contributed by atoms with Crippen molar-refractivity contribution in [3.8, 4) is 5.75 Å². The number of halogens is 2. The molecule has 0 amide bonds. The number of hydrogen-bond acceptors (Lipinski definition) is 1. The summed E-state index contributed by atoms with van der Waals surface area (Å²) in [5, 5.41) is 0. The highest BCUT2D eigenvalue weighted by molar-refractivity contribution is 6.55. The number of ether oxygens (including phenoxy) is 1. The van der Waals surface area contributed by atoms with E-state index in [1.165, 1.54) is 5.56 Å². The van der Waals surface area contributed by atoms with Crippen LogP contribution in [-0.4, -0.2) is 6.61 Å². The van der Waals surface area contributed by atoms with Gasteiger partial charge in [-0.15, -0.1) is 0 Å².